The van der Waals surface area contributed by atoms with Crippen LogP contribution in [0, 0.1) is 10.1 Å². The highest BCUT2D eigenvalue weighted by molar-refractivity contribution is 8.00. The molecule has 0 saturated carbocycles. The molecule has 0 atom stereocenters. The highest BCUT2D eigenvalue weighted by atomic mass is 32.2. The van der Waals surface area contributed by atoms with Crippen LogP contribution in [0.5, 0.6) is 0 Å². The van der Waals surface area contributed by atoms with Crippen molar-refractivity contribution in [2.45, 2.75) is 11.4 Å². The molecule has 9 heteroatoms. The number of anilines is 1. The number of hydrogen-bond donors (Lipinski definition) is 2. The molecular weight excluding hydrogens is 380 g/mol. The Bertz CT molecular complexity index is 840. The molecule has 0 unspecified atom stereocenters. The van der Waals surface area contributed by atoms with Crippen molar-refractivity contribution in [2.24, 2.45) is 0 Å². The Kier molecular flexibility index (Phi) is 7.97. The zero-order valence-corrected chi connectivity index (χ0v) is 16.5. The van der Waals surface area contributed by atoms with Crippen LogP contribution >= 0.6 is 11.8 Å². The van der Waals surface area contributed by atoms with Gasteiger partial charge in [-0.25, -0.2) is 0 Å². The fourth-order valence-electron chi connectivity index (χ4n) is 2.31. The Morgan fingerprint density at radius 2 is 1.82 bits per heavy atom. The highest BCUT2D eigenvalue weighted by Gasteiger charge is 2.08. The molecule has 0 radical (unpaired) electrons. The standard InChI is InChI=1S/C19H22N4O4S/c1-22(2)12-18(24)21-15-5-3-4-14(10-15)11-20-19(25)13-28-17-8-6-16(7-9-17)23(26)27/h3-10H,11-13H2,1-2H3,(H,20,25)(H,21,24). The van der Waals surface area contributed by atoms with Gasteiger partial charge in [0.1, 0.15) is 0 Å². The number of nitro benzene ring substituents is 1. The van der Waals surface area contributed by atoms with Crippen molar-refractivity contribution < 1.29 is 14.5 Å². The van der Waals surface area contributed by atoms with Crippen LogP contribution in [0.2, 0.25) is 0 Å². The van der Waals surface area contributed by atoms with Crippen LogP contribution in [0.25, 0.3) is 0 Å². The van der Waals surface area contributed by atoms with Crippen molar-refractivity contribution >= 4 is 35.0 Å². The Balaban J connectivity index is 1.79. The Labute approximate surface area is 167 Å². The summed E-state index contributed by atoms with van der Waals surface area (Å²) in [5.41, 5.74) is 1.57. The van der Waals surface area contributed by atoms with Gasteiger partial charge in [-0.05, 0) is 43.9 Å². The van der Waals surface area contributed by atoms with Gasteiger partial charge in [0.2, 0.25) is 11.8 Å². The number of nitro groups is 1. The topological polar surface area (TPSA) is 105 Å². The molecule has 0 heterocycles. The first kappa shape index (κ1) is 21.4. The lowest BCUT2D eigenvalue weighted by Crippen LogP contribution is -2.27. The number of amides is 2. The van der Waals surface area contributed by atoms with E-state index < -0.39 is 4.92 Å². The van der Waals surface area contributed by atoms with Gasteiger partial charge < -0.3 is 15.5 Å². The molecule has 0 aromatic heterocycles. The third-order valence-corrected chi connectivity index (χ3v) is 4.59. The van der Waals surface area contributed by atoms with Gasteiger partial charge in [-0.3, -0.25) is 19.7 Å². The number of likely N-dealkylation sites (N-methyl/N-ethyl adjacent to an activating group) is 1. The van der Waals surface area contributed by atoms with Gasteiger partial charge in [0.15, 0.2) is 0 Å². The zero-order valence-electron chi connectivity index (χ0n) is 15.7. The summed E-state index contributed by atoms with van der Waals surface area (Å²) in [4.78, 5) is 36.6. The number of rotatable bonds is 9. The molecule has 2 rings (SSSR count). The molecule has 2 amide bonds. The summed E-state index contributed by atoms with van der Waals surface area (Å²) in [7, 11) is 3.64. The Morgan fingerprint density at radius 1 is 1.11 bits per heavy atom. The SMILES string of the molecule is CN(C)CC(=O)Nc1cccc(CNC(=O)CSc2ccc([N+](=O)[O-])cc2)c1. The molecule has 0 saturated heterocycles. The second-order valence-electron chi connectivity index (χ2n) is 6.30. The van der Waals surface area contributed by atoms with E-state index >= 15 is 0 Å². The van der Waals surface area contributed by atoms with Crippen molar-refractivity contribution in [3.8, 4) is 0 Å². The van der Waals surface area contributed by atoms with Crippen LogP contribution in [0.3, 0.4) is 0 Å². The molecule has 8 nitrogen and oxygen atoms in total. The van der Waals surface area contributed by atoms with E-state index in [-0.39, 0.29) is 23.3 Å². The van der Waals surface area contributed by atoms with E-state index in [2.05, 4.69) is 10.6 Å². The van der Waals surface area contributed by atoms with Gasteiger partial charge in [-0.15, -0.1) is 11.8 Å². The number of non-ortho nitro benzene ring substituents is 1. The fraction of sp³-hybridized carbons (Fsp3) is 0.263. The molecule has 148 valence electrons. The number of nitrogens with zero attached hydrogens (tertiary/aromatic N) is 2. The van der Waals surface area contributed by atoms with Crippen molar-refractivity contribution in [1.82, 2.24) is 10.2 Å². The summed E-state index contributed by atoms with van der Waals surface area (Å²) in [5.74, 6) is -0.0482. The maximum absolute atomic E-state index is 12.0. The first-order chi connectivity index (χ1) is 13.3. The lowest BCUT2D eigenvalue weighted by molar-refractivity contribution is -0.384. The highest BCUT2D eigenvalue weighted by Crippen LogP contribution is 2.21. The maximum Gasteiger partial charge on any atom is 0.269 e. The largest absolute Gasteiger partial charge is 0.351 e. The minimum Gasteiger partial charge on any atom is -0.351 e. The molecule has 2 aromatic rings. The quantitative estimate of drug-likeness (QED) is 0.379. The van der Waals surface area contributed by atoms with Crippen LogP contribution in [-0.4, -0.2) is 48.0 Å². The van der Waals surface area contributed by atoms with Crippen LogP contribution < -0.4 is 10.6 Å². The molecule has 0 fully saturated rings. The lowest BCUT2D eigenvalue weighted by Gasteiger charge is -2.11. The molecule has 2 N–H and O–H groups in total. The van der Waals surface area contributed by atoms with Crippen molar-refractivity contribution in [3.05, 3.63) is 64.2 Å². The third-order valence-electron chi connectivity index (χ3n) is 3.58. The fourth-order valence-corrected chi connectivity index (χ4v) is 3.04. The van der Waals surface area contributed by atoms with Crippen LogP contribution in [-0.2, 0) is 16.1 Å². The van der Waals surface area contributed by atoms with E-state index in [0.29, 0.717) is 18.8 Å². The summed E-state index contributed by atoms with van der Waals surface area (Å²) < 4.78 is 0. The predicted octanol–water partition coefficient (Wildman–Crippen LogP) is 2.50. The van der Waals surface area contributed by atoms with Crippen LogP contribution in [0.1, 0.15) is 5.56 Å². The number of carbonyl (C=O) groups is 2. The number of carbonyl (C=O) groups excluding carboxylic acids is 2. The predicted molar refractivity (Wildman–Crippen MR) is 109 cm³/mol. The summed E-state index contributed by atoms with van der Waals surface area (Å²) in [6.45, 7) is 0.637. The summed E-state index contributed by atoms with van der Waals surface area (Å²) in [5, 5.41) is 16.3. The van der Waals surface area contributed by atoms with Gasteiger partial charge in [-0.1, -0.05) is 12.1 Å². The van der Waals surface area contributed by atoms with E-state index in [1.807, 2.05) is 32.3 Å². The smallest absolute Gasteiger partial charge is 0.269 e. The summed E-state index contributed by atoms with van der Waals surface area (Å²) in [6.07, 6.45) is 0. The first-order valence-electron chi connectivity index (χ1n) is 8.51. The zero-order chi connectivity index (χ0) is 20.5. The van der Waals surface area contributed by atoms with E-state index in [1.165, 1.54) is 23.9 Å². The van der Waals surface area contributed by atoms with Crippen molar-refractivity contribution in [1.29, 1.82) is 0 Å². The molecule has 2 aromatic carbocycles. The average molecular weight is 402 g/mol. The third kappa shape index (κ3) is 7.37. The normalized spacial score (nSPS) is 10.5. The van der Waals surface area contributed by atoms with Gasteiger partial charge >= 0.3 is 0 Å². The monoisotopic (exact) mass is 402 g/mol. The van der Waals surface area contributed by atoms with Gasteiger partial charge in [0.05, 0.1) is 17.2 Å². The lowest BCUT2D eigenvalue weighted by atomic mass is 10.2. The van der Waals surface area contributed by atoms with Gasteiger partial charge in [-0.2, -0.15) is 0 Å². The van der Waals surface area contributed by atoms with E-state index in [9.17, 15) is 19.7 Å². The Hall–Kier alpha value is -2.91. The van der Waals surface area contributed by atoms with E-state index in [1.54, 1.807) is 23.1 Å². The maximum atomic E-state index is 12.0. The van der Waals surface area contributed by atoms with E-state index in [0.717, 1.165) is 10.5 Å². The number of thioether (sulfide) groups is 1. The van der Waals surface area contributed by atoms with Crippen molar-refractivity contribution in [2.75, 3.05) is 31.7 Å². The number of hydrogen-bond acceptors (Lipinski definition) is 6. The second kappa shape index (κ2) is 10.4. The second-order valence-corrected chi connectivity index (χ2v) is 7.35. The van der Waals surface area contributed by atoms with Crippen molar-refractivity contribution in [3.63, 3.8) is 0 Å². The van der Waals surface area contributed by atoms with E-state index in [4.69, 9.17) is 0 Å². The average Bonchev–Trinajstić information content (AvgIpc) is 2.64. The van der Waals surface area contributed by atoms with Crippen LogP contribution in [0.15, 0.2) is 53.4 Å². The first-order valence-corrected chi connectivity index (χ1v) is 9.49. The molecule has 0 spiro atoms. The molecule has 0 aliphatic heterocycles. The van der Waals surface area contributed by atoms with Gasteiger partial charge in [0, 0.05) is 29.3 Å². The minimum absolute atomic E-state index is 0.0198. The Morgan fingerprint density at radius 3 is 2.46 bits per heavy atom. The summed E-state index contributed by atoms with van der Waals surface area (Å²) >= 11 is 1.31. The summed E-state index contributed by atoms with van der Waals surface area (Å²) in [6, 6.07) is 13.4. The minimum atomic E-state index is -0.460. The molecule has 0 aliphatic carbocycles. The molecule has 28 heavy (non-hydrogen) atoms. The molecule has 0 aliphatic rings. The molecular formula is C19H22N4O4S. The number of benzene rings is 2. The van der Waals surface area contributed by atoms with Crippen LogP contribution in [0.4, 0.5) is 11.4 Å². The van der Waals surface area contributed by atoms with Gasteiger partial charge in [0.25, 0.3) is 5.69 Å². The molecule has 0 bridgehead atoms. The number of nitrogens with one attached hydrogen (secondary N) is 2.